The molecule has 2 heterocycles. The van der Waals surface area contributed by atoms with Gasteiger partial charge in [-0.2, -0.15) is 4.57 Å². The highest BCUT2D eigenvalue weighted by Gasteiger charge is 2.27. The number of hydrogen-bond donors (Lipinski definition) is 0. The molecule has 0 radical (unpaired) electrons. The molecule has 0 spiro atoms. The first-order chi connectivity index (χ1) is 14.5. The predicted molar refractivity (Wildman–Crippen MR) is 108 cm³/mol. The van der Waals surface area contributed by atoms with Crippen LogP contribution in [0.5, 0.6) is 11.5 Å². The largest absolute Gasteiger partial charge is 0.494 e. The van der Waals surface area contributed by atoms with Crippen molar-refractivity contribution < 1.29 is 28.0 Å². The smallest absolute Gasteiger partial charge is 0.231 e. The second-order valence-corrected chi connectivity index (χ2v) is 6.76. The first kappa shape index (κ1) is 19.5. The van der Waals surface area contributed by atoms with E-state index in [4.69, 9.17) is 9.47 Å². The quantitative estimate of drug-likeness (QED) is 0.354. The third-order valence-electron chi connectivity index (χ3n) is 4.66. The van der Waals surface area contributed by atoms with E-state index in [2.05, 4.69) is 0 Å². The molecule has 30 heavy (non-hydrogen) atoms. The van der Waals surface area contributed by atoms with E-state index in [0.717, 1.165) is 5.56 Å². The number of ether oxygens (including phenoxy) is 2. The fourth-order valence-corrected chi connectivity index (χ4v) is 3.14. The highest BCUT2D eigenvalue weighted by Crippen LogP contribution is 2.34. The summed E-state index contributed by atoms with van der Waals surface area (Å²) in [6, 6.07) is 14.2. The fraction of sp³-hybridized carbons (Fsp3) is 0.125. The minimum atomic E-state index is -0.378. The van der Waals surface area contributed by atoms with Gasteiger partial charge in [-0.25, -0.2) is 4.39 Å². The van der Waals surface area contributed by atoms with Gasteiger partial charge in [0.25, 0.3) is 0 Å². The van der Waals surface area contributed by atoms with Gasteiger partial charge in [0.2, 0.25) is 18.1 Å². The van der Waals surface area contributed by atoms with Crippen LogP contribution >= 0.6 is 0 Å². The molecule has 0 unspecified atom stereocenters. The standard InChI is InChI=1S/C24H19FNO4/c1-2-29-19-7-8-20-22(14-19)30-23(24(20)28)13-16-9-11-26(12-10-16)15-21(27)17-3-5-18(25)6-4-17/h3-14H,2,15H2,1H3/q+1/b23-13-. The van der Waals surface area contributed by atoms with Crippen LogP contribution < -0.4 is 14.0 Å². The van der Waals surface area contributed by atoms with E-state index in [-0.39, 0.29) is 29.7 Å². The molecule has 5 nitrogen and oxygen atoms in total. The maximum Gasteiger partial charge on any atom is 0.231 e. The minimum Gasteiger partial charge on any atom is -0.494 e. The van der Waals surface area contributed by atoms with Gasteiger partial charge >= 0.3 is 0 Å². The molecule has 2 aromatic carbocycles. The first-order valence-corrected chi connectivity index (χ1v) is 9.52. The molecule has 1 aliphatic rings. The van der Waals surface area contributed by atoms with Gasteiger partial charge in [0.05, 0.1) is 12.2 Å². The Balaban J connectivity index is 1.46. The summed E-state index contributed by atoms with van der Waals surface area (Å²) in [7, 11) is 0. The topological polar surface area (TPSA) is 56.5 Å². The number of benzene rings is 2. The number of halogens is 1. The van der Waals surface area contributed by atoms with E-state index in [9.17, 15) is 14.0 Å². The molecule has 0 N–H and O–H groups in total. The molecule has 3 aromatic rings. The summed E-state index contributed by atoms with van der Waals surface area (Å²) in [5.41, 5.74) is 1.71. The number of carbonyl (C=O) groups excluding carboxylic acids is 2. The Morgan fingerprint density at radius 2 is 1.83 bits per heavy atom. The van der Waals surface area contributed by atoms with Gasteiger partial charge in [-0.15, -0.1) is 0 Å². The van der Waals surface area contributed by atoms with Crippen molar-refractivity contribution >= 4 is 17.6 Å². The number of ketones is 2. The lowest BCUT2D eigenvalue weighted by molar-refractivity contribution is -0.683. The molecule has 6 heteroatoms. The average Bonchev–Trinajstić information content (AvgIpc) is 3.05. The molecule has 0 saturated heterocycles. The second-order valence-electron chi connectivity index (χ2n) is 6.76. The molecule has 0 aliphatic carbocycles. The Morgan fingerprint density at radius 1 is 1.10 bits per heavy atom. The third-order valence-corrected chi connectivity index (χ3v) is 4.66. The van der Waals surface area contributed by atoms with Crippen LogP contribution in [0, 0.1) is 5.82 Å². The lowest BCUT2D eigenvalue weighted by Crippen LogP contribution is -2.37. The highest BCUT2D eigenvalue weighted by atomic mass is 19.1. The van der Waals surface area contributed by atoms with Crippen LogP contribution in [0.15, 0.2) is 72.8 Å². The third kappa shape index (κ3) is 4.12. The number of pyridine rings is 1. The summed E-state index contributed by atoms with van der Waals surface area (Å²) in [6.07, 6.45) is 5.15. The van der Waals surface area contributed by atoms with Crippen LogP contribution in [0.25, 0.3) is 6.08 Å². The number of aromatic nitrogens is 1. The molecule has 0 atom stereocenters. The molecule has 0 amide bonds. The zero-order valence-electron chi connectivity index (χ0n) is 16.3. The van der Waals surface area contributed by atoms with Crippen molar-refractivity contribution in [1.82, 2.24) is 0 Å². The second kappa shape index (κ2) is 8.29. The maximum absolute atomic E-state index is 13.0. The zero-order chi connectivity index (χ0) is 21.1. The van der Waals surface area contributed by atoms with E-state index in [1.54, 1.807) is 53.4 Å². The molecule has 0 fully saturated rings. The summed E-state index contributed by atoms with van der Waals surface area (Å²) in [6.45, 7) is 2.55. The molecule has 150 valence electrons. The number of carbonyl (C=O) groups is 2. The van der Waals surface area contributed by atoms with Gasteiger partial charge in [0, 0.05) is 23.8 Å². The Hall–Kier alpha value is -3.80. The Kier molecular flexibility index (Phi) is 5.39. The van der Waals surface area contributed by atoms with Crippen LogP contribution in [0.3, 0.4) is 0 Å². The number of Topliss-reactive ketones (excluding diaryl/α,β-unsaturated/α-hetero) is 2. The van der Waals surface area contributed by atoms with Crippen LogP contribution in [0.2, 0.25) is 0 Å². The Bertz CT molecular complexity index is 1130. The lowest BCUT2D eigenvalue weighted by Gasteiger charge is -2.03. The Morgan fingerprint density at radius 3 is 2.53 bits per heavy atom. The predicted octanol–water partition coefficient (Wildman–Crippen LogP) is 4.01. The van der Waals surface area contributed by atoms with Crippen molar-refractivity contribution in [2.75, 3.05) is 6.61 Å². The van der Waals surface area contributed by atoms with E-state index in [1.807, 2.05) is 6.92 Å². The Labute approximate surface area is 173 Å². The molecular weight excluding hydrogens is 385 g/mol. The van der Waals surface area contributed by atoms with Crippen molar-refractivity contribution in [3.8, 4) is 11.5 Å². The van der Waals surface area contributed by atoms with Crippen molar-refractivity contribution in [2.45, 2.75) is 13.5 Å². The van der Waals surface area contributed by atoms with Crippen LogP contribution in [-0.4, -0.2) is 18.2 Å². The number of allylic oxidation sites excluding steroid dienone is 1. The summed E-state index contributed by atoms with van der Waals surface area (Å²) in [5, 5.41) is 0. The summed E-state index contributed by atoms with van der Waals surface area (Å²) in [5.74, 6) is 0.678. The van der Waals surface area contributed by atoms with E-state index in [0.29, 0.717) is 29.2 Å². The summed E-state index contributed by atoms with van der Waals surface area (Å²) >= 11 is 0. The van der Waals surface area contributed by atoms with E-state index < -0.39 is 0 Å². The number of hydrogen-bond acceptors (Lipinski definition) is 4. The van der Waals surface area contributed by atoms with Crippen molar-refractivity contribution in [2.24, 2.45) is 0 Å². The van der Waals surface area contributed by atoms with E-state index in [1.165, 1.54) is 24.3 Å². The first-order valence-electron chi connectivity index (χ1n) is 9.52. The van der Waals surface area contributed by atoms with Crippen LogP contribution in [0.4, 0.5) is 4.39 Å². The molecule has 0 bridgehead atoms. The maximum atomic E-state index is 13.0. The molecular formula is C24H19FNO4+. The van der Waals surface area contributed by atoms with Crippen molar-refractivity contribution in [3.05, 3.63) is 95.3 Å². The molecule has 4 rings (SSSR count). The van der Waals surface area contributed by atoms with Crippen LogP contribution in [-0.2, 0) is 6.54 Å². The zero-order valence-corrected chi connectivity index (χ0v) is 16.3. The number of rotatable bonds is 6. The molecule has 1 aromatic heterocycles. The van der Waals surface area contributed by atoms with Gasteiger partial charge in [-0.1, -0.05) is 0 Å². The minimum absolute atomic E-state index is 0.124. The van der Waals surface area contributed by atoms with Crippen molar-refractivity contribution in [3.63, 3.8) is 0 Å². The summed E-state index contributed by atoms with van der Waals surface area (Å²) < 4.78 is 25.9. The van der Waals surface area contributed by atoms with Crippen molar-refractivity contribution in [1.29, 1.82) is 0 Å². The van der Waals surface area contributed by atoms with Gasteiger partial charge < -0.3 is 9.47 Å². The van der Waals surface area contributed by atoms with Gasteiger partial charge in [-0.3, -0.25) is 9.59 Å². The van der Waals surface area contributed by atoms with Gasteiger partial charge in [0.15, 0.2) is 18.2 Å². The highest BCUT2D eigenvalue weighted by molar-refractivity contribution is 6.14. The molecule has 0 saturated carbocycles. The van der Waals surface area contributed by atoms with E-state index >= 15 is 0 Å². The SMILES string of the molecule is CCOc1ccc2c(c1)O/C(=C\c1cc[n+](CC(=O)c3ccc(F)cc3)cc1)C2=O. The molecule has 1 aliphatic heterocycles. The monoisotopic (exact) mass is 404 g/mol. The number of fused-ring (bicyclic) bond motifs is 1. The normalized spacial score (nSPS) is 13.8. The number of nitrogens with zero attached hydrogens (tertiary/aromatic N) is 1. The van der Waals surface area contributed by atoms with Gasteiger partial charge in [0.1, 0.15) is 17.3 Å². The average molecular weight is 404 g/mol. The van der Waals surface area contributed by atoms with Gasteiger partial charge in [-0.05, 0) is 55.0 Å². The fourth-order valence-electron chi connectivity index (χ4n) is 3.14. The summed E-state index contributed by atoms with van der Waals surface area (Å²) in [4.78, 5) is 24.9. The lowest BCUT2D eigenvalue weighted by atomic mass is 10.1. The van der Waals surface area contributed by atoms with Crippen LogP contribution in [0.1, 0.15) is 33.2 Å².